The minimum atomic E-state index is -0.319. The van der Waals surface area contributed by atoms with E-state index in [2.05, 4.69) is 10.6 Å². The summed E-state index contributed by atoms with van der Waals surface area (Å²) in [6, 6.07) is 12.1. The van der Waals surface area contributed by atoms with Gasteiger partial charge in [0.05, 0.1) is 7.11 Å². The number of aryl methyl sites for hydroxylation is 1. The number of benzene rings is 2. The fourth-order valence-corrected chi connectivity index (χ4v) is 1.94. The number of methoxy groups -OCH3 is 1. The number of nitrogens with one attached hydrogen (secondary N) is 2. The molecule has 0 saturated heterocycles. The molecule has 0 bridgehead atoms. The molecule has 0 unspecified atom stereocenters. The number of carbonyl (C=O) groups excluding carboxylic acids is 1. The van der Waals surface area contributed by atoms with Crippen molar-refractivity contribution < 1.29 is 9.53 Å². The van der Waals surface area contributed by atoms with Gasteiger partial charge < -0.3 is 15.4 Å². The number of hydrogen-bond donors (Lipinski definition) is 2. The molecule has 0 aliphatic rings. The van der Waals surface area contributed by atoms with Gasteiger partial charge in [-0.15, -0.1) is 0 Å². The van der Waals surface area contributed by atoms with Crippen LogP contribution in [0.1, 0.15) is 5.56 Å². The van der Waals surface area contributed by atoms with Crippen molar-refractivity contribution in [1.29, 1.82) is 0 Å². The Bertz CT molecular complexity index is 629. The molecule has 2 amide bonds. The minimum absolute atomic E-state index is 0.319. The predicted octanol–water partition coefficient (Wildman–Crippen LogP) is 4.30. The van der Waals surface area contributed by atoms with Gasteiger partial charge in [0.25, 0.3) is 0 Å². The van der Waals surface area contributed by atoms with Gasteiger partial charge in [0, 0.05) is 16.4 Å². The molecule has 0 radical (unpaired) electrons. The zero-order chi connectivity index (χ0) is 14.5. The van der Waals surface area contributed by atoms with Gasteiger partial charge in [0.1, 0.15) is 5.75 Å². The van der Waals surface area contributed by atoms with Crippen LogP contribution in [0.3, 0.4) is 0 Å². The first kappa shape index (κ1) is 14.2. The topological polar surface area (TPSA) is 50.4 Å². The molecular weight excluding hydrogens is 276 g/mol. The molecule has 2 aromatic rings. The highest BCUT2D eigenvalue weighted by Gasteiger charge is 2.06. The second kappa shape index (κ2) is 6.30. The highest BCUT2D eigenvalue weighted by molar-refractivity contribution is 6.30. The van der Waals surface area contributed by atoms with Crippen LogP contribution in [-0.4, -0.2) is 13.1 Å². The average molecular weight is 291 g/mol. The Labute approximate surface area is 122 Å². The summed E-state index contributed by atoms with van der Waals surface area (Å²) >= 11 is 5.86. The molecule has 5 heteroatoms. The second-order valence-electron chi connectivity index (χ2n) is 4.27. The highest BCUT2D eigenvalue weighted by atomic mass is 35.5. The summed E-state index contributed by atoms with van der Waals surface area (Å²) in [6.07, 6.45) is 0. The van der Waals surface area contributed by atoms with Crippen LogP contribution in [0.15, 0.2) is 42.5 Å². The Morgan fingerprint density at radius 3 is 2.60 bits per heavy atom. The number of carbonyl (C=O) groups is 1. The lowest BCUT2D eigenvalue weighted by Crippen LogP contribution is -2.19. The van der Waals surface area contributed by atoms with Gasteiger partial charge in [-0.3, -0.25) is 0 Å². The van der Waals surface area contributed by atoms with E-state index in [9.17, 15) is 4.79 Å². The molecule has 2 N–H and O–H groups in total. The first-order valence-corrected chi connectivity index (χ1v) is 6.44. The number of hydrogen-bond acceptors (Lipinski definition) is 2. The number of anilines is 2. The number of ether oxygens (including phenoxy) is 1. The standard InChI is InChI=1S/C15H15ClN2O2/c1-10-8-13(20-2)6-7-14(10)18-15(19)17-12-5-3-4-11(16)9-12/h3-9H,1-2H3,(H2,17,18,19). The van der Waals surface area contributed by atoms with Crippen molar-refractivity contribution in [2.45, 2.75) is 6.92 Å². The number of rotatable bonds is 3. The smallest absolute Gasteiger partial charge is 0.323 e. The van der Waals surface area contributed by atoms with Crippen LogP contribution in [0.25, 0.3) is 0 Å². The number of halogens is 1. The lowest BCUT2D eigenvalue weighted by molar-refractivity contribution is 0.262. The van der Waals surface area contributed by atoms with E-state index in [-0.39, 0.29) is 6.03 Å². The summed E-state index contributed by atoms with van der Waals surface area (Å²) in [7, 11) is 1.60. The third-order valence-electron chi connectivity index (χ3n) is 2.76. The van der Waals surface area contributed by atoms with Crippen molar-refractivity contribution in [3.8, 4) is 5.75 Å². The van der Waals surface area contributed by atoms with Gasteiger partial charge in [-0.05, 0) is 48.9 Å². The second-order valence-corrected chi connectivity index (χ2v) is 4.71. The lowest BCUT2D eigenvalue weighted by Gasteiger charge is -2.11. The van der Waals surface area contributed by atoms with E-state index in [1.165, 1.54) is 0 Å². The number of urea groups is 1. The highest BCUT2D eigenvalue weighted by Crippen LogP contribution is 2.21. The van der Waals surface area contributed by atoms with E-state index >= 15 is 0 Å². The van der Waals surface area contributed by atoms with Crippen LogP contribution in [0.5, 0.6) is 5.75 Å². The van der Waals surface area contributed by atoms with Gasteiger partial charge in [-0.2, -0.15) is 0 Å². The molecule has 0 saturated carbocycles. The molecule has 104 valence electrons. The Morgan fingerprint density at radius 2 is 1.95 bits per heavy atom. The molecule has 0 fully saturated rings. The van der Waals surface area contributed by atoms with E-state index in [1.54, 1.807) is 43.5 Å². The molecule has 2 rings (SSSR count). The summed E-state index contributed by atoms with van der Waals surface area (Å²) in [5.41, 5.74) is 2.29. The first-order chi connectivity index (χ1) is 9.58. The van der Waals surface area contributed by atoms with Gasteiger partial charge >= 0.3 is 6.03 Å². The third kappa shape index (κ3) is 3.65. The van der Waals surface area contributed by atoms with Crippen molar-refractivity contribution in [1.82, 2.24) is 0 Å². The van der Waals surface area contributed by atoms with E-state index in [1.807, 2.05) is 13.0 Å². The van der Waals surface area contributed by atoms with Crippen LogP contribution in [-0.2, 0) is 0 Å². The van der Waals surface area contributed by atoms with Crippen molar-refractivity contribution in [2.24, 2.45) is 0 Å². The Morgan fingerprint density at radius 1 is 1.15 bits per heavy atom. The summed E-state index contributed by atoms with van der Waals surface area (Å²) in [5.74, 6) is 0.753. The largest absolute Gasteiger partial charge is 0.497 e. The fourth-order valence-electron chi connectivity index (χ4n) is 1.75. The van der Waals surface area contributed by atoms with Crippen molar-refractivity contribution >= 4 is 29.0 Å². The van der Waals surface area contributed by atoms with Crippen molar-refractivity contribution in [3.05, 3.63) is 53.1 Å². The van der Waals surface area contributed by atoms with Gasteiger partial charge in [0.15, 0.2) is 0 Å². The summed E-state index contributed by atoms with van der Waals surface area (Å²) in [6.45, 7) is 1.90. The quantitative estimate of drug-likeness (QED) is 0.885. The molecule has 2 aromatic carbocycles. The lowest BCUT2D eigenvalue weighted by atomic mass is 10.2. The maximum Gasteiger partial charge on any atom is 0.323 e. The van der Waals surface area contributed by atoms with Crippen molar-refractivity contribution in [2.75, 3.05) is 17.7 Å². The Kier molecular flexibility index (Phi) is 4.48. The zero-order valence-corrected chi connectivity index (χ0v) is 12.0. The van der Waals surface area contributed by atoms with Crippen LogP contribution < -0.4 is 15.4 Å². The summed E-state index contributed by atoms with van der Waals surface area (Å²) < 4.78 is 5.12. The average Bonchev–Trinajstić information content (AvgIpc) is 2.41. The molecule has 0 atom stereocenters. The third-order valence-corrected chi connectivity index (χ3v) is 3.00. The van der Waals surface area contributed by atoms with Gasteiger partial charge in [-0.25, -0.2) is 4.79 Å². The molecule has 0 aliphatic heterocycles. The maximum atomic E-state index is 11.9. The fraction of sp³-hybridized carbons (Fsp3) is 0.133. The van der Waals surface area contributed by atoms with E-state index in [0.29, 0.717) is 10.7 Å². The molecule has 0 aromatic heterocycles. The van der Waals surface area contributed by atoms with Crippen LogP contribution in [0.4, 0.5) is 16.2 Å². The van der Waals surface area contributed by atoms with E-state index in [4.69, 9.17) is 16.3 Å². The van der Waals surface area contributed by atoms with Crippen LogP contribution in [0.2, 0.25) is 5.02 Å². The molecule has 20 heavy (non-hydrogen) atoms. The van der Waals surface area contributed by atoms with Crippen LogP contribution in [0, 0.1) is 6.92 Å². The molecule has 0 aliphatic carbocycles. The van der Waals surface area contributed by atoms with E-state index in [0.717, 1.165) is 17.0 Å². The summed E-state index contributed by atoms with van der Waals surface area (Å²) in [5, 5.41) is 6.07. The van der Waals surface area contributed by atoms with Crippen LogP contribution >= 0.6 is 11.6 Å². The van der Waals surface area contributed by atoms with Gasteiger partial charge in [-0.1, -0.05) is 17.7 Å². The first-order valence-electron chi connectivity index (χ1n) is 6.06. The molecule has 0 spiro atoms. The predicted molar refractivity (Wildman–Crippen MR) is 81.8 cm³/mol. The normalized spacial score (nSPS) is 9.95. The Hall–Kier alpha value is -2.20. The van der Waals surface area contributed by atoms with Gasteiger partial charge in [0.2, 0.25) is 0 Å². The van der Waals surface area contributed by atoms with E-state index < -0.39 is 0 Å². The monoisotopic (exact) mass is 290 g/mol. The summed E-state index contributed by atoms with van der Waals surface area (Å²) in [4.78, 5) is 11.9. The molecular formula is C15H15ClN2O2. The van der Waals surface area contributed by atoms with Crippen molar-refractivity contribution in [3.63, 3.8) is 0 Å². The molecule has 0 heterocycles. The minimum Gasteiger partial charge on any atom is -0.497 e. The Balaban J connectivity index is 2.05. The maximum absolute atomic E-state index is 11.9. The zero-order valence-electron chi connectivity index (χ0n) is 11.2. The molecule has 4 nitrogen and oxygen atoms in total. The SMILES string of the molecule is COc1ccc(NC(=O)Nc2cccc(Cl)c2)c(C)c1. The number of amides is 2.